The lowest BCUT2D eigenvalue weighted by Crippen LogP contribution is -2.54. The van der Waals surface area contributed by atoms with Gasteiger partial charge in [-0.05, 0) is 42.2 Å². The molecule has 49 heavy (non-hydrogen) atoms. The summed E-state index contributed by atoms with van der Waals surface area (Å²) in [6.07, 6.45) is -10.1. The Bertz CT molecular complexity index is 1580. The van der Waals surface area contributed by atoms with Crippen LogP contribution in [0.5, 0.6) is 0 Å². The summed E-state index contributed by atoms with van der Waals surface area (Å²) in [5.74, 6) is -1.46. The van der Waals surface area contributed by atoms with Crippen LogP contribution >= 0.6 is 0 Å². The Morgan fingerprint density at radius 1 is 0.837 bits per heavy atom. The maximum Gasteiger partial charge on any atom is 0.417 e. The number of fused-ring (bicyclic) bond motifs is 1. The summed E-state index contributed by atoms with van der Waals surface area (Å²) in [5.41, 5.74) is -7.42. The number of aromatic amines is 1. The summed E-state index contributed by atoms with van der Waals surface area (Å²) >= 11 is 0. The molecule has 1 aliphatic carbocycles. The third kappa shape index (κ3) is 9.07. The molecule has 16 heteroatoms. The minimum atomic E-state index is -5.96. The fraction of sp³-hybridized carbons (Fsp3) is 0.515. The summed E-state index contributed by atoms with van der Waals surface area (Å²) in [4.78, 5) is 34.0. The third-order valence-corrected chi connectivity index (χ3v) is 9.18. The molecule has 0 spiro atoms. The van der Waals surface area contributed by atoms with Crippen molar-refractivity contribution in [2.75, 3.05) is 32.7 Å². The highest BCUT2D eigenvalue weighted by atomic mass is 19.4. The van der Waals surface area contributed by atoms with Crippen LogP contribution in [0.25, 0.3) is 10.9 Å². The van der Waals surface area contributed by atoms with Gasteiger partial charge >= 0.3 is 18.5 Å². The second kappa shape index (κ2) is 14.6. The quantitative estimate of drug-likeness (QED) is 0.222. The summed E-state index contributed by atoms with van der Waals surface area (Å²) in [5, 5.41) is 5.60. The molecule has 2 aromatic carbocycles. The average molecular weight is 706 g/mol. The van der Waals surface area contributed by atoms with Crippen LogP contribution in [0, 0.1) is 0 Å². The number of rotatable bonds is 9. The number of benzene rings is 2. The molecule has 1 atom stereocenters. The second-order valence-electron chi connectivity index (χ2n) is 12.6. The van der Waals surface area contributed by atoms with Crippen molar-refractivity contribution in [2.45, 2.75) is 75.7 Å². The molecule has 0 bridgehead atoms. The van der Waals surface area contributed by atoms with E-state index >= 15 is 0 Å². The van der Waals surface area contributed by atoms with Crippen LogP contribution in [0.1, 0.15) is 59.9 Å². The third-order valence-electron chi connectivity index (χ3n) is 9.18. The Balaban J connectivity index is 1.32. The second-order valence-corrected chi connectivity index (χ2v) is 12.6. The number of hydrogen-bond donors (Lipinski definition) is 3. The standard InChI is InChI=1S/C33H36F9N5O2/c34-31(35,36)24-14-20(15-25(32(37,38)39)29(24)33(40,41)42)17-44-30(49)27(16-21-18-43-26-9-5-4-8-23(21)26)45-28(48)19-46-10-12-47(13-11-46)22-6-2-1-3-7-22/h4-5,8-9,14-15,18,22,27,43H,1-3,6-7,10-13,16-17,19H2,(H,44,49)(H,45,48). The minimum Gasteiger partial charge on any atom is -0.361 e. The number of carbonyl (C=O) groups excluding carboxylic acids is 2. The molecule has 7 nitrogen and oxygen atoms in total. The number of para-hydroxylation sites is 1. The smallest absolute Gasteiger partial charge is 0.361 e. The molecule has 5 rings (SSSR count). The normalized spacial score (nSPS) is 18.1. The molecule has 2 amide bonds. The SMILES string of the molecule is O=C(CN1CCN(C2CCCCC2)CC1)NC(Cc1c[nH]c2ccccc12)C(=O)NCc1cc(C(F)(F)F)c(C(F)(F)F)c(C(F)(F)F)c1. The Morgan fingerprint density at radius 3 is 2.04 bits per heavy atom. The molecule has 1 aliphatic heterocycles. The molecule has 2 fully saturated rings. The lowest BCUT2D eigenvalue weighted by molar-refractivity contribution is -0.174. The zero-order valence-corrected chi connectivity index (χ0v) is 26.3. The molecular weight excluding hydrogens is 669 g/mol. The van der Waals surface area contributed by atoms with E-state index < -0.39 is 65.2 Å². The van der Waals surface area contributed by atoms with E-state index in [-0.39, 0.29) is 25.1 Å². The van der Waals surface area contributed by atoms with E-state index in [4.69, 9.17) is 0 Å². The number of H-pyrrole nitrogens is 1. The average Bonchev–Trinajstić information content (AvgIpc) is 3.45. The Morgan fingerprint density at radius 2 is 1.45 bits per heavy atom. The Kier molecular flexibility index (Phi) is 10.9. The van der Waals surface area contributed by atoms with Gasteiger partial charge in [0.1, 0.15) is 6.04 Å². The van der Waals surface area contributed by atoms with E-state index in [1.165, 1.54) is 19.3 Å². The van der Waals surface area contributed by atoms with Gasteiger partial charge in [-0.3, -0.25) is 19.4 Å². The number of nitrogens with one attached hydrogen (secondary N) is 3. The highest BCUT2D eigenvalue weighted by Crippen LogP contribution is 2.47. The van der Waals surface area contributed by atoms with E-state index in [1.807, 2.05) is 4.90 Å². The number of amides is 2. The Labute approximate surface area is 276 Å². The van der Waals surface area contributed by atoms with E-state index in [1.54, 1.807) is 30.5 Å². The number of hydrogen-bond acceptors (Lipinski definition) is 4. The molecule has 0 radical (unpaired) electrons. The lowest BCUT2D eigenvalue weighted by Gasteiger charge is -2.40. The van der Waals surface area contributed by atoms with Crippen molar-refractivity contribution in [3.8, 4) is 0 Å². The summed E-state index contributed by atoms with van der Waals surface area (Å²) in [7, 11) is 0. The minimum absolute atomic E-state index is 0.0427. The fourth-order valence-electron chi connectivity index (χ4n) is 6.77. The first-order chi connectivity index (χ1) is 23.0. The van der Waals surface area contributed by atoms with E-state index in [2.05, 4.69) is 20.5 Å². The topological polar surface area (TPSA) is 80.5 Å². The molecule has 3 N–H and O–H groups in total. The molecule has 1 saturated heterocycles. The fourth-order valence-corrected chi connectivity index (χ4v) is 6.77. The molecule has 2 aliphatic rings. The molecule has 1 aromatic heterocycles. The predicted molar refractivity (Wildman–Crippen MR) is 162 cm³/mol. The van der Waals surface area contributed by atoms with Crippen molar-refractivity contribution >= 4 is 22.7 Å². The summed E-state index contributed by atoms with van der Waals surface area (Å²) in [6, 6.07) is 6.17. The van der Waals surface area contributed by atoms with Crippen LogP contribution in [-0.4, -0.2) is 71.4 Å². The van der Waals surface area contributed by atoms with Gasteiger partial charge in [-0.2, -0.15) is 39.5 Å². The first-order valence-electron chi connectivity index (χ1n) is 16.0. The zero-order chi connectivity index (χ0) is 35.6. The first-order valence-corrected chi connectivity index (χ1v) is 16.0. The van der Waals surface area contributed by atoms with Crippen LogP contribution in [0.3, 0.4) is 0 Å². The van der Waals surface area contributed by atoms with Crippen LogP contribution < -0.4 is 10.6 Å². The highest BCUT2D eigenvalue weighted by Gasteiger charge is 2.50. The van der Waals surface area contributed by atoms with Gasteiger partial charge in [-0.25, -0.2) is 0 Å². The van der Waals surface area contributed by atoms with Crippen molar-refractivity contribution in [2.24, 2.45) is 0 Å². The number of carbonyl (C=O) groups is 2. The molecule has 1 saturated carbocycles. The number of alkyl halides is 9. The summed E-state index contributed by atoms with van der Waals surface area (Å²) < 4.78 is 122. The molecule has 1 unspecified atom stereocenters. The van der Waals surface area contributed by atoms with Gasteiger partial charge in [0.2, 0.25) is 11.8 Å². The molecule has 3 aromatic rings. The molecule has 268 valence electrons. The van der Waals surface area contributed by atoms with E-state index in [0.717, 1.165) is 36.8 Å². The number of aromatic nitrogens is 1. The van der Waals surface area contributed by atoms with Gasteiger partial charge in [0.25, 0.3) is 0 Å². The molecular formula is C33H36F9N5O2. The van der Waals surface area contributed by atoms with Gasteiger partial charge in [0, 0.05) is 62.3 Å². The number of nitrogens with zero attached hydrogens (tertiary/aromatic N) is 2. The van der Waals surface area contributed by atoms with Crippen LogP contribution in [0.15, 0.2) is 42.6 Å². The van der Waals surface area contributed by atoms with E-state index in [0.29, 0.717) is 24.7 Å². The maximum absolute atomic E-state index is 13.6. The number of halogens is 9. The summed E-state index contributed by atoms with van der Waals surface area (Å²) in [6.45, 7) is 1.81. The van der Waals surface area contributed by atoms with Gasteiger partial charge < -0.3 is 15.6 Å². The van der Waals surface area contributed by atoms with Gasteiger partial charge in [0.15, 0.2) is 0 Å². The van der Waals surface area contributed by atoms with Crippen molar-refractivity contribution in [1.29, 1.82) is 0 Å². The van der Waals surface area contributed by atoms with Crippen molar-refractivity contribution in [1.82, 2.24) is 25.4 Å². The van der Waals surface area contributed by atoms with Crippen molar-refractivity contribution < 1.29 is 49.1 Å². The van der Waals surface area contributed by atoms with Crippen LogP contribution in [0.2, 0.25) is 0 Å². The van der Waals surface area contributed by atoms with Crippen LogP contribution in [-0.2, 0) is 41.1 Å². The van der Waals surface area contributed by atoms with Crippen molar-refractivity contribution in [3.05, 3.63) is 70.4 Å². The number of piperazine rings is 1. The zero-order valence-electron chi connectivity index (χ0n) is 26.3. The molecule has 2 heterocycles. The largest absolute Gasteiger partial charge is 0.417 e. The monoisotopic (exact) mass is 705 g/mol. The Hall–Kier alpha value is -3.79. The lowest BCUT2D eigenvalue weighted by atomic mass is 9.94. The van der Waals surface area contributed by atoms with Gasteiger partial charge in [-0.15, -0.1) is 0 Å². The van der Waals surface area contributed by atoms with Gasteiger partial charge in [0.05, 0.1) is 23.2 Å². The van der Waals surface area contributed by atoms with Crippen LogP contribution in [0.4, 0.5) is 39.5 Å². The predicted octanol–water partition coefficient (Wildman–Crippen LogP) is 6.52. The van der Waals surface area contributed by atoms with Gasteiger partial charge in [-0.1, -0.05) is 37.5 Å². The van der Waals surface area contributed by atoms with Crippen molar-refractivity contribution in [3.63, 3.8) is 0 Å². The maximum atomic E-state index is 13.6. The van der Waals surface area contributed by atoms with E-state index in [9.17, 15) is 49.1 Å². The first kappa shape index (κ1) is 36.5. The highest BCUT2D eigenvalue weighted by molar-refractivity contribution is 5.90.